The third-order valence-electron chi connectivity index (χ3n) is 4.91. The van der Waals surface area contributed by atoms with E-state index in [-0.39, 0.29) is 0 Å². The number of aliphatic hydroxyl groups is 2. The van der Waals surface area contributed by atoms with E-state index in [1.54, 1.807) is 0 Å². The third-order valence-corrected chi connectivity index (χ3v) is 5.79. The average molecular weight is 469 g/mol. The van der Waals surface area contributed by atoms with Crippen molar-refractivity contribution in [3.63, 3.8) is 0 Å². The van der Waals surface area contributed by atoms with Crippen molar-refractivity contribution in [1.29, 1.82) is 0 Å². The third kappa shape index (κ3) is 5.55. The highest BCUT2D eigenvalue weighted by atomic mass is 31.2. The lowest BCUT2D eigenvalue weighted by Gasteiger charge is -2.31. The second kappa shape index (κ2) is 9.41. The number of carbonyl (C=O) groups excluding carboxylic acids is 3. The summed E-state index contributed by atoms with van der Waals surface area (Å²) in [6, 6.07) is 0. The minimum absolute atomic E-state index is 0.514. The number of hydrogen-bond acceptors (Lipinski definition) is 10. The standard InChI is InChI=1S/C17H25FNO11P/c1-9(2)14(22)27-8-29-31(25,26)28-7-17(6-18)15(23)16(3,24)12(30-17)10-4-5-11(20)19-13(10)21/h4-5,9-10,12,15,23-24H,6-8H2,1-3H3,(H,25,26)(H,19,20,21)/t10?,12-,15-,16-,17+/m0/s1. The number of phosphoric ester groups is 1. The number of alkyl halides is 1. The Bertz CT molecular complexity index is 801. The number of aliphatic hydroxyl groups excluding tert-OH is 1. The van der Waals surface area contributed by atoms with Crippen LogP contribution >= 0.6 is 7.82 Å². The maximum absolute atomic E-state index is 13.9. The molecule has 0 bridgehead atoms. The molecule has 0 aromatic carbocycles. The van der Waals surface area contributed by atoms with Gasteiger partial charge in [0.25, 0.3) is 0 Å². The number of halogens is 1. The van der Waals surface area contributed by atoms with Crippen molar-refractivity contribution in [3.8, 4) is 0 Å². The normalized spacial score (nSPS) is 35.2. The van der Waals surface area contributed by atoms with Gasteiger partial charge in [0.2, 0.25) is 18.6 Å². The highest BCUT2D eigenvalue weighted by Crippen LogP contribution is 2.48. The fraction of sp³-hybridized carbons (Fsp3) is 0.706. The zero-order valence-corrected chi connectivity index (χ0v) is 17.9. The van der Waals surface area contributed by atoms with Crippen LogP contribution in [-0.4, -0.2) is 76.4 Å². The lowest BCUT2D eigenvalue weighted by atomic mass is 9.81. The van der Waals surface area contributed by atoms with E-state index in [0.717, 1.165) is 19.1 Å². The number of carbonyl (C=O) groups is 3. The van der Waals surface area contributed by atoms with Crippen LogP contribution in [-0.2, 0) is 37.5 Å². The van der Waals surface area contributed by atoms with Crippen LogP contribution in [0.2, 0.25) is 0 Å². The maximum atomic E-state index is 13.9. The second-order valence-electron chi connectivity index (χ2n) is 7.71. The van der Waals surface area contributed by atoms with Gasteiger partial charge in [0, 0.05) is 6.08 Å². The molecule has 2 amide bonds. The molecule has 0 aromatic heterocycles. The summed E-state index contributed by atoms with van der Waals surface area (Å²) in [5.74, 6) is -4.02. The summed E-state index contributed by atoms with van der Waals surface area (Å²) >= 11 is 0. The van der Waals surface area contributed by atoms with Gasteiger partial charge < -0.3 is 24.6 Å². The number of hydrogen-bond donors (Lipinski definition) is 4. The van der Waals surface area contributed by atoms with Crippen LogP contribution in [0.1, 0.15) is 20.8 Å². The molecule has 0 aromatic rings. The summed E-state index contributed by atoms with van der Waals surface area (Å²) in [6.07, 6.45) is -1.37. The van der Waals surface area contributed by atoms with Crippen molar-refractivity contribution >= 4 is 25.6 Å². The topological polar surface area (TPSA) is 178 Å². The Hall–Kier alpha value is -1.73. The number of amides is 2. The molecule has 14 heteroatoms. The molecule has 0 radical (unpaired) electrons. The first-order valence-electron chi connectivity index (χ1n) is 9.21. The minimum atomic E-state index is -4.88. The van der Waals surface area contributed by atoms with Crippen molar-refractivity contribution in [2.75, 3.05) is 20.1 Å². The summed E-state index contributed by atoms with van der Waals surface area (Å²) in [5, 5.41) is 23.2. The first-order chi connectivity index (χ1) is 14.3. The highest BCUT2D eigenvalue weighted by Gasteiger charge is 2.64. The van der Waals surface area contributed by atoms with E-state index >= 15 is 0 Å². The van der Waals surface area contributed by atoms with Crippen molar-refractivity contribution in [2.45, 2.75) is 44.2 Å². The zero-order chi connectivity index (χ0) is 23.6. The molecule has 6 atom stereocenters. The molecule has 4 N–H and O–H groups in total. The highest BCUT2D eigenvalue weighted by molar-refractivity contribution is 7.47. The number of ether oxygens (including phenoxy) is 2. The summed E-state index contributed by atoms with van der Waals surface area (Å²) in [5.41, 5.74) is -4.53. The molecule has 12 nitrogen and oxygen atoms in total. The van der Waals surface area contributed by atoms with Gasteiger partial charge in [-0.05, 0) is 6.92 Å². The summed E-state index contributed by atoms with van der Waals surface area (Å²) in [7, 11) is -4.88. The lowest BCUT2D eigenvalue weighted by molar-refractivity contribution is -0.156. The molecule has 1 fully saturated rings. The van der Waals surface area contributed by atoms with Crippen molar-refractivity contribution in [1.82, 2.24) is 5.32 Å². The molecular weight excluding hydrogens is 444 g/mol. The molecule has 2 unspecified atom stereocenters. The van der Waals surface area contributed by atoms with Gasteiger partial charge in [-0.2, -0.15) is 0 Å². The zero-order valence-electron chi connectivity index (χ0n) is 17.0. The molecule has 2 aliphatic rings. The number of phosphoric acid groups is 1. The monoisotopic (exact) mass is 469 g/mol. The maximum Gasteiger partial charge on any atom is 0.475 e. The SMILES string of the molecule is CC(C)C(=O)OCOP(=O)(O)OC[C@@]1(CF)O[C@@H](C2C=CC(=O)NC2=O)[C@](C)(O)[C@@H]1O. The Labute approximate surface area is 176 Å². The summed E-state index contributed by atoms with van der Waals surface area (Å²) in [6.45, 7) is 0.693. The van der Waals surface area contributed by atoms with Crippen molar-refractivity contribution in [2.24, 2.45) is 11.8 Å². The predicted octanol–water partition coefficient (Wildman–Crippen LogP) is -0.675. The predicted molar refractivity (Wildman–Crippen MR) is 98.6 cm³/mol. The molecule has 31 heavy (non-hydrogen) atoms. The van der Waals surface area contributed by atoms with Gasteiger partial charge in [0.15, 0.2) is 0 Å². The van der Waals surface area contributed by atoms with Crippen LogP contribution in [0.5, 0.6) is 0 Å². The van der Waals surface area contributed by atoms with Gasteiger partial charge in [-0.3, -0.25) is 24.2 Å². The molecule has 0 saturated carbocycles. The fourth-order valence-corrected chi connectivity index (χ4v) is 3.77. The molecule has 1 saturated heterocycles. The first-order valence-corrected chi connectivity index (χ1v) is 10.7. The Morgan fingerprint density at radius 1 is 1.39 bits per heavy atom. The van der Waals surface area contributed by atoms with Gasteiger partial charge in [0.1, 0.15) is 30.1 Å². The molecule has 2 aliphatic heterocycles. The van der Waals surface area contributed by atoms with E-state index < -0.39 is 80.9 Å². The molecule has 0 spiro atoms. The van der Waals surface area contributed by atoms with Crippen LogP contribution in [0.3, 0.4) is 0 Å². The molecular formula is C17H25FNO11P. The molecule has 2 rings (SSSR count). The van der Waals surface area contributed by atoms with Gasteiger partial charge in [0.05, 0.1) is 18.4 Å². The van der Waals surface area contributed by atoms with Crippen LogP contribution in [0.15, 0.2) is 12.2 Å². The van der Waals surface area contributed by atoms with Crippen LogP contribution in [0, 0.1) is 11.8 Å². The van der Waals surface area contributed by atoms with E-state index in [1.807, 2.05) is 5.32 Å². The molecule has 2 heterocycles. The Kier molecular flexibility index (Phi) is 7.75. The van der Waals surface area contributed by atoms with E-state index in [2.05, 4.69) is 13.8 Å². The smallest absolute Gasteiger partial charge is 0.438 e. The quantitative estimate of drug-likeness (QED) is 0.146. The Morgan fingerprint density at radius 2 is 2.03 bits per heavy atom. The first kappa shape index (κ1) is 25.5. The summed E-state index contributed by atoms with van der Waals surface area (Å²) in [4.78, 5) is 44.4. The Balaban J connectivity index is 2.10. The van der Waals surface area contributed by atoms with Crippen molar-refractivity contribution < 1.29 is 57.0 Å². The van der Waals surface area contributed by atoms with E-state index in [1.165, 1.54) is 13.8 Å². The van der Waals surface area contributed by atoms with Gasteiger partial charge in [-0.15, -0.1) is 0 Å². The second-order valence-corrected chi connectivity index (χ2v) is 9.16. The average Bonchev–Trinajstić information content (AvgIpc) is 2.87. The van der Waals surface area contributed by atoms with E-state index in [4.69, 9.17) is 4.74 Å². The van der Waals surface area contributed by atoms with Crippen LogP contribution in [0.4, 0.5) is 4.39 Å². The van der Waals surface area contributed by atoms with E-state index in [0.29, 0.717) is 0 Å². The van der Waals surface area contributed by atoms with Gasteiger partial charge in [-0.25, -0.2) is 13.5 Å². The largest absolute Gasteiger partial charge is 0.475 e. The number of nitrogens with one attached hydrogen (secondary N) is 1. The summed E-state index contributed by atoms with van der Waals surface area (Å²) < 4.78 is 45.1. The van der Waals surface area contributed by atoms with Gasteiger partial charge >= 0.3 is 13.8 Å². The fourth-order valence-electron chi connectivity index (χ4n) is 3.13. The number of esters is 1. The van der Waals surface area contributed by atoms with Gasteiger partial charge in [-0.1, -0.05) is 19.9 Å². The van der Waals surface area contributed by atoms with Crippen LogP contribution in [0.25, 0.3) is 0 Å². The number of imide groups is 1. The molecule has 176 valence electrons. The number of rotatable bonds is 9. The minimum Gasteiger partial charge on any atom is -0.438 e. The lowest BCUT2D eigenvalue weighted by Crippen LogP contribution is -2.55. The molecule has 0 aliphatic carbocycles. The Morgan fingerprint density at radius 3 is 2.58 bits per heavy atom. The van der Waals surface area contributed by atoms with Crippen LogP contribution < -0.4 is 5.32 Å². The van der Waals surface area contributed by atoms with E-state index in [9.17, 15) is 38.4 Å². The van der Waals surface area contributed by atoms with Crippen molar-refractivity contribution in [3.05, 3.63) is 12.2 Å².